The number of benzene rings is 1. The molecule has 0 atom stereocenters. The zero-order chi connectivity index (χ0) is 10.9. The van der Waals surface area contributed by atoms with Crippen molar-refractivity contribution in [3.05, 3.63) is 24.3 Å². The molecule has 0 radical (unpaired) electrons. The summed E-state index contributed by atoms with van der Waals surface area (Å²) in [5, 5.41) is 3.15. The van der Waals surface area contributed by atoms with Crippen molar-refractivity contribution in [1.29, 1.82) is 0 Å². The second-order valence-corrected chi connectivity index (χ2v) is 4.02. The van der Waals surface area contributed by atoms with Crippen molar-refractivity contribution >= 4 is 11.8 Å². The summed E-state index contributed by atoms with van der Waals surface area (Å²) < 4.78 is 5.25. The highest BCUT2D eigenvalue weighted by molar-refractivity contribution is 7.99. The van der Waals surface area contributed by atoms with Gasteiger partial charge in [-0.2, -0.15) is 0 Å². The topological polar surface area (TPSA) is 21.3 Å². The van der Waals surface area contributed by atoms with Gasteiger partial charge in [0.2, 0.25) is 0 Å². The van der Waals surface area contributed by atoms with Crippen LogP contribution in [0.4, 0.5) is 0 Å². The fourth-order valence-electron chi connectivity index (χ4n) is 1.13. The summed E-state index contributed by atoms with van der Waals surface area (Å²) in [7, 11) is 1.69. The van der Waals surface area contributed by atoms with Gasteiger partial charge in [0.05, 0.1) is 13.7 Å². The SMILES string of the molecule is C#CCNCCSc1ccccc1OC. The molecule has 15 heavy (non-hydrogen) atoms. The zero-order valence-corrected chi connectivity index (χ0v) is 9.64. The van der Waals surface area contributed by atoms with Gasteiger partial charge in [0.15, 0.2) is 0 Å². The largest absolute Gasteiger partial charge is 0.496 e. The van der Waals surface area contributed by atoms with Gasteiger partial charge in [-0.15, -0.1) is 18.2 Å². The van der Waals surface area contributed by atoms with Gasteiger partial charge in [0.25, 0.3) is 0 Å². The van der Waals surface area contributed by atoms with Crippen molar-refractivity contribution in [1.82, 2.24) is 5.32 Å². The number of rotatable bonds is 6. The quantitative estimate of drug-likeness (QED) is 0.451. The molecule has 1 rings (SSSR count). The number of thioether (sulfide) groups is 1. The highest BCUT2D eigenvalue weighted by atomic mass is 32.2. The minimum absolute atomic E-state index is 0.631. The first-order valence-electron chi connectivity index (χ1n) is 4.78. The van der Waals surface area contributed by atoms with Crippen molar-refractivity contribution < 1.29 is 4.74 Å². The van der Waals surface area contributed by atoms with E-state index in [1.807, 2.05) is 18.2 Å². The molecular weight excluding hydrogens is 206 g/mol. The van der Waals surface area contributed by atoms with Crippen LogP contribution in [0.1, 0.15) is 0 Å². The van der Waals surface area contributed by atoms with Crippen LogP contribution in [0.2, 0.25) is 0 Å². The van der Waals surface area contributed by atoms with Crippen LogP contribution in [0, 0.1) is 12.3 Å². The first-order chi connectivity index (χ1) is 7.38. The Morgan fingerprint density at radius 3 is 3.00 bits per heavy atom. The Labute approximate surface area is 95.4 Å². The lowest BCUT2D eigenvalue weighted by Crippen LogP contribution is -2.16. The summed E-state index contributed by atoms with van der Waals surface area (Å²) in [5.41, 5.74) is 0. The number of terminal acetylenes is 1. The molecule has 1 N–H and O–H groups in total. The number of hydrogen-bond donors (Lipinski definition) is 1. The Bertz CT molecular complexity index is 333. The van der Waals surface area contributed by atoms with E-state index < -0.39 is 0 Å². The third-order valence-corrected chi connectivity index (χ3v) is 2.89. The lowest BCUT2D eigenvalue weighted by Gasteiger charge is -2.07. The molecule has 0 aliphatic heterocycles. The molecule has 0 fully saturated rings. The predicted molar refractivity (Wildman–Crippen MR) is 65.4 cm³/mol. The van der Waals surface area contributed by atoms with Crippen molar-refractivity contribution in [2.45, 2.75) is 4.90 Å². The molecule has 0 aliphatic rings. The van der Waals surface area contributed by atoms with Crippen LogP contribution in [0.15, 0.2) is 29.2 Å². The van der Waals surface area contributed by atoms with Crippen molar-refractivity contribution in [3.8, 4) is 18.1 Å². The van der Waals surface area contributed by atoms with Gasteiger partial charge in [-0.1, -0.05) is 18.1 Å². The zero-order valence-electron chi connectivity index (χ0n) is 8.82. The van der Waals surface area contributed by atoms with Gasteiger partial charge in [-0.3, -0.25) is 0 Å². The third-order valence-electron chi connectivity index (χ3n) is 1.83. The molecule has 2 nitrogen and oxygen atoms in total. The molecule has 3 heteroatoms. The normalized spacial score (nSPS) is 9.60. The van der Waals surface area contributed by atoms with Gasteiger partial charge in [-0.25, -0.2) is 0 Å². The minimum atomic E-state index is 0.631. The number of nitrogens with one attached hydrogen (secondary N) is 1. The van der Waals surface area contributed by atoms with Crippen LogP contribution in [-0.2, 0) is 0 Å². The Hall–Kier alpha value is -1.11. The molecule has 1 aromatic rings. The predicted octanol–water partition coefficient (Wildman–Crippen LogP) is 2.01. The van der Waals surface area contributed by atoms with Gasteiger partial charge < -0.3 is 10.1 Å². The molecule has 0 heterocycles. The molecular formula is C12H15NOS. The summed E-state index contributed by atoms with van der Waals surface area (Å²) in [6, 6.07) is 8.01. The van der Waals surface area contributed by atoms with Crippen molar-refractivity contribution in [2.75, 3.05) is 26.0 Å². The number of hydrogen-bond acceptors (Lipinski definition) is 3. The molecule has 80 valence electrons. The van der Waals surface area contributed by atoms with Crippen LogP contribution in [0.5, 0.6) is 5.75 Å². The average Bonchev–Trinajstić information content (AvgIpc) is 2.29. The minimum Gasteiger partial charge on any atom is -0.496 e. The fraction of sp³-hybridized carbons (Fsp3) is 0.333. The van der Waals surface area contributed by atoms with Gasteiger partial charge in [-0.05, 0) is 12.1 Å². The second kappa shape index (κ2) is 7.22. The van der Waals surface area contributed by atoms with E-state index in [1.54, 1.807) is 18.9 Å². The number of methoxy groups -OCH3 is 1. The Balaban J connectivity index is 2.34. The molecule has 0 saturated heterocycles. The van der Waals surface area contributed by atoms with E-state index in [1.165, 1.54) is 4.90 Å². The second-order valence-electron chi connectivity index (χ2n) is 2.88. The van der Waals surface area contributed by atoms with E-state index >= 15 is 0 Å². The maximum absolute atomic E-state index is 5.25. The molecule has 0 amide bonds. The highest BCUT2D eigenvalue weighted by Gasteiger charge is 2.00. The van der Waals surface area contributed by atoms with Crippen LogP contribution < -0.4 is 10.1 Å². The Morgan fingerprint density at radius 2 is 2.27 bits per heavy atom. The molecule has 0 aliphatic carbocycles. The van der Waals surface area contributed by atoms with Crippen LogP contribution in [-0.4, -0.2) is 26.0 Å². The van der Waals surface area contributed by atoms with Gasteiger partial charge >= 0.3 is 0 Å². The summed E-state index contributed by atoms with van der Waals surface area (Å²) in [6.07, 6.45) is 5.13. The van der Waals surface area contributed by atoms with E-state index in [9.17, 15) is 0 Å². The number of para-hydroxylation sites is 1. The standard InChI is InChI=1S/C12H15NOS/c1-3-8-13-9-10-15-12-7-5-4-6-11(12)14-2/h1,4-7,13H,8-10H2,2H3. The van der Waals surface area contributed by atoms with E-state index in [-0.39, 0.29) is 0 Å². The third kappa shape index (κ3) is 4.28. The molecule has 0 spiro atoms. The van der Waals surface area contributed by atoms with Crippen LogP contribution in [0.3, 0.4) is 0 Å². The van der Waals surface area contributed by atoms with E-state index in [2.05, 4.69) is 17.3 Å². The summed E-state index contributed by atoms with van der Waals surface area (Å²) in [4.78, 5) is 1.17. The lowest BCUT2D eigenvalue weighted by atomic mass is 10.3. The average molecular weight is 221 g/mol. The highest BCUT2D eigenvalue weighted by Crippen LogP contribution is 2.27. The fourth-order valence-corrected chi connectivity index (χ4v) is 2.07. The van der Waals surface area contributed by atoms with Crippen molar-refractivity contribution in [3.63, 3.8) is 0 Å². The van der Waals surface area contributed by atoms with Gasteiger partial charge in [0.1, 0.15) is 5.75 Å². The Morgan fingerprint density at radius 1 is 1.47 bits per heavy atom. The monoisotopic (exact) mass is 221 g/mol. The Kier molecular flexibility index (Phi) is 5.76. The molecule has 0 unspecified atom stereocenters. The van der Waals surface area contributed by atoms with Gasteiger partial charge in [0, 0.05) is 17.2 Å². The molecule has 0 saturated carbocycles. The first-order valence-corrected chi connectivity index (χ1v) is 5.77. The molecule has 0 bridgehead atoms. The van der Waals surface area contributed by atoms with Crippen molar-refractivity contribution in [2.24, 2.45) is 0 Å². The summed E-state index contributed by atoms with van der Waals surface area (Å²) in [5.74, 6) is 4.46. The maximum Gasteiger partial charge on any atom is 0.132 e. The first kappa shape index (κ1) is 12.0. The lowest BCUT2D eigenvalue weighted by molar-refractivity contribution is 0.405. The number of ether oxygens (including phenoxy) is 1. The van der Waals surface area contributed by atoms with Crippen LogP contribution >= 0.6 is 11.8 Å². The van der Waals surface area contributed by atoms with Crippen LogP contribution in [0.25, 0.3) is 0 Å². The molecule has 0 aromatic heterocycles. The summed E-state index contributed by atoms with van der Waals surface area (Å²) >= 11 is 1.77. The summed E-state index contributed by atoms with van der Waals surface area (Å²) in [6.45, 7) is 1.54. The van der Waals surface area contributed by atoms with E-state index in [4.69, 9.17) is 11.2 Å². The van der Waals surface area contributed by atoms with E-state index in [0.29, 0.717) is 6.54 Å². The maximum atomic E-state index is 5.25. The smallest absolute Gasteiger partial charge is 0.132 e. The molecule has 1 aromatic carbocycles. The van der Waals surface area contributed by atoms with E-state index in [0.717, 1.165) is 18.0 Å².